The van der Waals surface area contributed by atoms with Gasteiger partial charge in [0.05, 0.1) is 0 Å². The van der Waals surface area contributed by atoms with Gasteiger partial charge in [-0.3, -0.25) is 4.99 Å². The molecule has 1 rings (SSSR count). The number of hydrogen-bond donors (Lipinski definition) is 1. The maximum Gasteiger partial charge on any atom is 0.193 e. The quantitative estimate of drug-likeness (QED) is 0.469. The molecule has 20 heavy (non-hydrogen) atoms. The molecule has 0 saturated heterocycles. The fraction of sp³-hybridized carbons (Fsp3) is 0.500. The van der Waals surface area contributed by atoms with Crippen molar-refractivity contribution in [1.82, 2.24) is 10.2 Å². The van der Waals surface area contributed by atoms with E-state index in [0.717, 1.165) is 31.5 Å². The number of aliphatic imine (C=N–C) groups is 1. The maximum atomic E-state index is 13.5. The van der Waals surface area contributed by atoms with Crippen molar-refractivity contribution in [3.63, 3.8) is 0 Å². The molecule has 0 heterocycles. The summed E-state index contributed by atoms with van der Waals surface area (Å²) in [5, 5.41) is 3.03. The second-order valence-electron chi connectivity index (χ2n) is 4.41. The summed E-state index contributed by atoms with van der Waals surface area (Å²) in [6, 6.07) is 3.44. The highest BCUT2D eigenvalue weighted by molar-refractivity contribution is 14.0. The number of halogens is 3. The molecule has 0 bridgehead atoms. The van der Waals surface area contributed by atoms with Crippen molar-refractivity contribution in [3.8, 4) is 0 Å². The van der Waals surface area contributed by atoms with Gasteiger partial charge in [0.25, 0.3) is 0 Å². The van der Waals surface area contributed by atoms with Gasteiger partial charge in [-0.1, -0.05) is 13.3 Å². The Hall–Kier alpha value is -0.920. The average molecular weight is 397 g/mol. The predicted octanol–water partition coefficient (Wildman–Crippen LogP) is 3.39. The average Bonchev–Trinajstić information content (AvgIpc) is 2.40. The fourth-order valence-electron chi connectivity index (χ4n) is 1.74. The number of unbranched alkanes of at least 4 members (excludes halogenated alkanes) is 1. The van der Waals surface area contributed by atoms with Crippen molar-refractivity contribution in [1.29, 1.82) is 0 Å². The van der Waals surface area contributed by atoms with Gasteiger partial charge in [0.2, 0.25) is 0 Å². The second-order valence-corrected chi connectivity index (χ2v) is 4.41. The lowest BCUT2D eigenvalue weighted by Crippen LogP contribution is -2.39. The first-order valence-electron chi connectivity index (χ1n) is 6.44. The molecule has 0 spiro atoms. The van der Waals surface area contributed by atoms with E-state index in [4.69, 9.17) is 0 Å². The molecule has 3 nitrogen and oxygen atoms in total. The third-order valence-electron chi connectivity index (χ3n) is 2.87. The zero-order valence-electron chi connectivity index (χ0n) is 12.1. The summed E-state index contributed by atoms with van der Waals surface area (Å²) in [4.78, 5) is 6.10. The maximum absolute atomic E-state index is 13.5. The van der Waals surface area contributed by atoms with Gasteiger partial charge in [-0.05, 0) is 24.6 Å². The number of hydrogen-bond acceptors (Lipinski definition) is 1. The number of rotatable bonds is 5. The number of nitrogens with one attached hydrogen (secondary N) is 1. The molecule has 1 aromatic carbocycles. The van der Waals surface area contributed by atoms with Crippen molar-refractivity contribution >= 4 is 29.9 Å². The van der Waals surface area contributed by atoms with E-state index in [2.05, 4.69) is 17.2 Å². The summed E-state index contributed by atoms with van der Waals surface area (Å²) in [5.74, 6) is -0.176. The molecule has 1 aromatic rings. The molecule has 0 radical (unpaired) electrons. The summed E-state index contributed by atoms with van der Waals surface area (Å²) < 4.78 is 26.5. The van der Waals surface area contributed by atoms with E-state index < -0.39 is 11.6 Å². The van der Waals surface area contributed by atoms with Crippen molar-refractivity contribution in [2.45, 2.75) is 26.3 Å². The Balaban J connectivity index is 0.00000361. The lowest BCUT2D eigenvalue weighted by Gasteiger charge is -2.22. The van der Waals surface area contributed by atoms with Crippen LogP contribution < -0.4 is 5.32 Å². The van der Waals surface area contributed by atoms with E-state index in [0.29, 0.717) is 11.5 Å². The van der Waals surface area contributed by atoms with Crippen LogP contribution in [0.25, 0.3) is 0 Å². The number of guanidine groups is 1. The van der Waals surface area contributed by atoms with Gasteiger partial charge < -0.3 is 10.2 Å². The smallest absolute Gasteiger partial charge is 0.193 e. The zero-order chi connectivity index (χ0) is 14.3. The van der Waals surface area contributed by atoms with E-state index in [1.807, 2.05) is 11.9 Å². The van der Waals surface area contributed by atoms with Crippen LogP contribution in [0.5, 0.6) is 0 Å². The Morgan fingerprint density at radius 2 is 2.05 bits per heavy atom. The molecule has 0 unspecified atom stereocenters. The highest BCUT2D eigenvalue weighted by Crippen LogP contribution is 2.09. The standard InChI is InChI=1S/C14H21F2N3.HI/c1-4-5-8-19(3)14(17-2)18-10-11-9-12(15)6-7-13(11)16;/h6-7,9H,4-5,8,10H2,1-3H3,(H,17,18);1H. The molecule has 0 aliphatic rings. The van der Waals surface area contributed by atoms with Crippen LogP contribution in [0.4, 0.5) is 8.78 Å². The van der Waals surface area contributed by atoms with Crippen molar-refractivity contribution in [2.75, 3.05) is 20.6 Å². The molecule has 0 amide bonds. The SMILES string of the molecule is CCCCN(C)C(=NC)NCc1cc(F)ccc1F.I. The van der Waals surface area contributed by atoms with E-state index in [1.54, 1.807) is 7.05 Å². The Labute approximate surface area is 136 Å². The van der Waals surface area contributed by atoms with Gasteiger partial charge in [0.15, 0.2) is 5.96 Å². The molecule has 0 aliphatic heterocycles. The molecular weight excluding hydrogens is 375 g/mol. The number of nitrogens with zero attached hydrogens (tertiary/aromatic N) is 2. The molecule has 0 fully saturated rings. The van der Waals surface area contributed by atoms with Crippen LogP contribution in [-0.4, -0.2) is 31.5 Å². The zero-order valence-corrected chi connectivity index (χ0v) is 14.4. The van der Waals surface area contributed by atoms with Crippen LogP contribution in [0.15, 0.2) is 23.2 Å². The van der Waals surface area contributed by atoms with Crippen LogP contribution >= 0.6 is 24.0 Å². The molecule has 6 heteroatoms. The van der Waals surface area contributed by atoms with Crippen molar-refractivity contribution < 1.29 is 8.78 Å². The normalized spacial score (nSPS) is 10.9. The monoisotopic (exact) mass is 397 g/mol. The van der Waals surface area contributed by atoms with Crippen LogP contribution in [0.3, 0.4) is 0 Å². The Kier molecular flexibility index (Phi) is 9.45. The van der Waals surface area contributed by atoms with Gasteiger partial charge in [-0.2, -0.15) is 0 Å². The summed E-state index contributed by atoms with van der Waals surface area (Å²) in [6.07, 6.45) is 2.16. The molecule has 1 N–H and O–H groups in total. The highest BCUT2D eigenvalue weighted by Gasteiger charge is 2.08. The van der Waals surface area contributed by atoms with Crippen LogP contribution in [0.2, 0.25) is 0 Å². The largest absolute Gasteiger partial charge is 0.352 e. The van der Waals surface area contributed by atoms with Crippen LogP contribution in [0.1, 0.15) is 25.3 Å². The van der Waals surface area contributed by atoms with Crippen LogP contribution in [-0.2, 0) is 6.54 Å². The summed E-state index contributed by atoms with van der Waals surface area (Å²) in [7, 11) is 3.60. The molecular formula is C14H22F2IN3. The molecule has 0 aliphatic carbocycles. The van der Waals surface area contributed by atoms with Gasteiger partial charge in [-0.25, -0.2) is 8.78 Å². The minimum atomic E-state index is -0.437. The molecule has 114 valence electrons. The van der Waals surface area contributed by atoms with Gasteiger partial charge >= 0.3 is 0 Å². The van der Waals surface area contributed by atoms with E-state index >= 15 is 0 Å². The van der Waals surface area contributed by atoms with Crippen molar-refractivity contribution in [3.05, 3.63) is 35.4 Å². The third-order valence-corrected chi connectivity index (χ3v) is 2.87. The predicted molar refractivity (Wildman–Crippen MR) is 89.5 cm³/mol. The first kappa shape index (κ1) is 19.1. The Morgan fingerprint density at radius 3 is 2.65 bits per heavy atom. The van der Waals surface area contributed by atoms with Crippen molar-refractivity contribution in [2.24, 2.45) is 4.99 Å². The summed E-state index contributed by atoms with van der Waals surface area (Å²) in [5.41, 5.74) is 0.296. The minimum Gasteiger partial charge on any atom is -0.352 e. The Bertz CT molecular complexity index is 438. The molecule has 0 aromatic heterocycles. The fourth-order valence-corrected chi connectivity index (χ4v) is 1.74. The van der Waals surface area contributed by atoms with Gasteiger partial charge in [0.1, 0.15) is 11.6 Å². The first-order valence-corrected chi connectivity index (χ1v) is 6.44. The third kappa shape index (κ3) is 6.02. The second kappa shape index (κ2) is 9.90. The van der Waals surface area contributed by atoms with Gasteiger partial charge in [0, 0.05) is 32.7 Å². The Morgan fingerprint density at radius 1 is 1.35 bits per heavy atom. The summed E-state index contributed by atoms with van der Waals surface area (Å²) >= 11 is 0. The number of benzene rings is 1. The lowest BCUT2D eigenvalue weighted by atomic mass is 10.2. The van der Waals surface area contributed by atoms with Gasteiger partial charge in [-0.15, -0.1) is 24.0 Å². The highest BCUT2D eigenvalue weighted by atomic mass is 127. The van der Waals surface area contributed by atoms with E-state index in [-0.39, 0.29) is 30.5 Å². The first-order chi connectivity index (χ1) is 9.08. The van der Waals surface area contributed by atoms with E-state index in [1.165, 1.54) is 6.07 Å². The molecule has 0 saturated carbocycles. The summed E-state index contributed by atoms with van der Waals surface area (Å²) in [6.45, 7) is 3.21. The minimum absolute atomic E-state index is 0. The lowest BCUT2D eigenvalue weighted by molar-refractivity contribution is 0.463. The topological polar surface area (TPSA) is 27.6 Å². The molecule has 0 atom stereocenters. The van der Waals surface area contributed by atoms with E-state index in [9.17, 15) is 8.78 Å². The van der Waals surface area contributed by atoms with Crippen LogP contribution in [0, 0.1) is 11.6 Å².